The number of rotatable bonds is 5. The van der Waals surface area contributed by atoms with Gasteiger partial charge in [-0.05, 0) is 37.3 Å². The molecule has 2 aromatic carbocycles. The number of sulfonamides is 1. The summed E-state index contributed by atoms with van der Waals surface area (Å²) in [5.74, 6) is -0.108. The molecule has 112 valence electrons. The molecule has 0 saturated heterocycles. The molecular weight excluding hydrogens is 295 g/mol. The van der Waals surface area contributed by atoms with E-state index in [0.717, 1.165) is 18.2 Å². The van der Waals surface area contributed by atoms with Gasteiger partial charge in [-0.25, -0.2) is 12.8 Å². The van der Waals surface area contributed by atoms with Crippen molar-refractivity contribution >= 4 is 21.4 Å². The number of nitrogens with one attached hydrogen (secondary N) is 1. The molecule has 0 aliphatic heterocycles. The lowest BCUT2D eigenvalue weighted by molar-refractivity contribution is 0.340. The Bertz CT molecular complexity index is 748. The first-order chi connectivity index (χ1) is 9.92. The summed E-state index contributed by atoms with van der Waals surface area (Å²) in [6, 6.07) is 9.78. The van der Waals surface area contributed by atoms with Crippen LogP contribution in [0.1, 0.15) is 6.92 Å². The van der Waals surface area contributed by atoms with Crippen molar-refractivity contribution in [2.45, 2.75) is 11.8 Å². The summed E-state index contributed by atoms with van der Waals surface area (Å²) in [5, 5.41) is 0. The second-order valence-corrected chi connectivity index (χ2v) is 5.93. The van der Waals surface area contributed by atoms with E-state index in [4.69, 9.17) is 10.5 Å². The van der Waals surface area contributed by atoms with Crippen LogP contribution in [0.4, 0.5) is 15.8 Å². The highest BCUT2D eigenvalue weighted by molar-refractivity contribution is 7.92. The molecule has 0 atom stereocenters. The first kappa shape index (κ1) is 15.1. The Morgan fingerprint density at radius 1 is 1.24 bits per heavy atom. The average Bonchev–Trinajstić information content (AvgIpc) is 2.42. The Labute approximate surface area is 122 Å². The van der Waals surface area contributed by atoms with Gasteiger partial charge in [0.1, 0.15) is 11.6 Å². The summed E-state index contributed by atoms with van der Waals surface area (Å²) >= 11 is 0. The summed E-state index contributed by atoms with van der Waals surface area (Å²) in [5.41, 5.74) is 5.52. The molecule has 0 fully saturated rings. The first-order valence-corrected chi connectivity index (χ1v) is 7.71. The van der Waals surface area contributed by atoms with Crippen LogP contribution in [0.3, 0.4) is 0 Å². The lowest BCUT2D eigenvalue weighted by Crippen LogP contribution is -2.13. The lowest BCUT2D eigenvalue weighted by atomic mass is 10.3. The Morgan fingerprint density at radius 3 is 2.67 bits per heavy atom. The third-order valence-electron chi connectivity index (χ3n) is 2.68. The fourth-order valence-electron chi connectivity index (χ4n) is 1.72. The third kappa shape index (κ3) is 3.63. The molecule has 5 nitrogen and oxygen atoms in total. The summed E-state index contributed by atoms with van der Waals surface area (Å²) in [7, 11) is -3.84. The van der Waals surface area contributed by atoms with E-state index >= 15 is 0 Å². The van der Waals surface area contributed by atoms with Crippen LogP contribution in [-0.4, -0.2) is 15.0 Å². The number of benzene rings is 2. The largest absolute Gasteiger partial charge is 0.494 e. The molecule has 0 unspecified atom stereocenters. The van der Waals surface area contributed by atoms with Gasteiger partial charge in [-0.1, -0.05) is 6.07 Å². The number of hydrogen-bond acceptors (Lipinski definition) is 4. The predicted molar refractivity (Wildman–Crippen MR) is 79.2 cm³/mol. The van der Waals surface area contributed by atoms with Gasteiger partial charge in [-0.3, -0.25) is 4.72 Å². The van der Waals surface area contributed by atoms with Crippen LogP contribution in [0.25, 0.3) is 0 Å². The van der Waals surface area contributed by atoms with E-state index < -0.39 is 15.8 Å². The fourth-order valence-corrected chi connectivity index (χ4v) is 2.80. The number of anilines is 2. The minimum absolute atomic E-state index is 0.108. The highest BCUT2D eigenvalue weighted by Gasteiger charge is 2.16. The van der Waals surface area contributed by atoms with Crippen LogP contribution in [0.5, 0.6) is 5.75 Å². The second-order valence-electron chi connectivity index (χ2n) is 4.25. The predicted octanol–water partition coefficient (Wildman–Crippen LogP) is 2.61. The molecule has 0 radical (unpaired) electrons. The topological polar surface area (TPSA) is 81.4 Å². The maximum absolute atomic E-state index is 13.1. The SMILES string of the molecule is CCOc1cccc(NS(=O)(=O)c2ccc(F)c(N)c2)c1. The summed E-state index contributed by atoms with van der Waals surface area (Å²) in [6.45, 7) is 2.31. The van der Waals surface area contributed by atoms with Crippen LogP contribution < -0.4 is 15.2 Å². The molecular formula is C14H15FN2O3S. The molecule has 2 aromatic rings. The smallest absolute Gasteiger partial charge is 0.261 e. The molecule has 0 heterocycles. The number of hydrogen-bond donors (Lipinski definition) is 2. The summed E-state index contributed by atoms with van der Waals surface area (Å²) in [6.07, 6.45) is 0. The molecule has 3 N–H and O–H groups in total. The van der Waals surface area contributed by atoms with Crippen molar-refractivity contribution in [2.75, 3.05) is 17.1 Å². The van der Waals surface area contributed by atoms with E-state index in [9.17, 15) is 12.8 Å². The average molecular weight is 310 g/mol. The van der Waals surface area contributed by atoms with Crippen LogP contribution >= 0.6 is 0 Å². The molecule has 0 spiro atoms. The van der Waals surface area contributed by atoms with Crippen molar-refractivity contribution in [1.29, 1.82) is 0 Å². The maximum Gasteiger partial charge on any atom is 0.261 e. The van der Waals surface area contributed by atoms with Crippen molar-refractivity contribution in [3.8, 4) is 5.75 Å². The highest BCUT2D eigenvalue weighted by Crippen LogP contribution is 2.22. The second kappa shape index (κ2) is 6.01. The quantitative estimate of drug-likeness (QED) is 0.832. The van der Waals surface area contributed by atoms with Crippen LogP contribution in [0.15, 0.2) is 47.4 Å². The number of nitrogens with two attached hydrogens (primary N) is 1. The monoisotopic (exact) mass is 310 g/mol. The lowest BCUT2D eigenvalue weighted by Gasteiger charge is -2.10. The van der Waals surface area contributed by atoms with Crippen LogP contribution in [0.2, 0.25) is 0 Å². The minimum atomic E-state index is -3.84. The number of ether oxygens (including phenoxy) is 1. The molecule has 0 aliphatic carbocycles. The Kier molecular flexibility index (Phi) is 4.32. The number of nitrogen functional groups attached to an aromatic ring is 1. The molecule has 0 bridgehead atoms. The van der Waals surface area contributed by atoms with Gasteiger partial charge in [0.25, 0.3) is 10.0 Å². The van der Waals surface area contributed by atoms with E-state index in [0.29, 0.717) is 18.0 Å². The van der Waals surface area contributed by atoms with E-state index in [1.165, 1.54) is 0 Å². The fraction of sp³-hybridized carbons (Fsp3) is 0.143. The third-order valence-corrected chi connectivity index (χ3v) is 4.05. The Morgan fingerprint density at radius 2 is 2.00 bits per heavy atom. The molecule has 7 heteroatoms. The molecule has 2 rings (SSSR count). The molecule has 0 amide bonds. The van der Waals surface area contributed by atoms with E-state index in [1.807, 2.05) is 6.92 Å². The maximum atomic E-state index is 13.1. The summed E-state index contributed by atoms with van der Waals surface area (Å²) in [4.78, 5) is -0.108. The molecule has 0 aliphatic rings. The number of halogens is 1. The Balaban J connectivity index is 2.28. The van der Waals surface area contributed by atoms with Gasteiger partial charge in [0.05, 0.1) is 22.9 Å². The normalized spacial score (nSPS) is 11.1. The van der Waals surface area contributed by atoms with Crippen molar-refractivity contribution in [3.05, 3.63) is 48.3 Å². The zero-order valence-corrected chi connectivity index (χ0v) is 12.2. The minimum Gasteiger partial charge on any atom is -0.494 e. The van der Waals surface area contributed by atoms with E-state index in [1.54, 1.807) is 24.3 Å². The molecule has 21 heavy (non-hydrogen) atoms. The standard InChI is InChI=1S/C14H15FN2O3S/c1-2-20-11-5-3-4-10(8-11)17-21(18,19)12-6-7-13(15)14(16)9-12/h3-9,17H,2,16H2,1H3. The Hall–Kier alpha value is -2.28. The molecule has 0 aromatic heterocycles. The van der Waals surface area contributed by atoms with Crippen LogP contribution in [-0.2, 0) is 10.0 Å². The van der Waals surface area contributed by atoms with Gasteiger partial charge < -0.3 is 10.5 Å². The van der Waals surface area contributed by atoms with Gasteiger partial charge >= 0.3 is 0 Å². The van der Waals surface area contributed by atoms with Gasteiger partial charge in [0.2, 0.25) is 0 Å². The van der Waals surface area contributed by atoms with Crippen LogP contribution in [0, 0.1) is 5.82 Å². The van der Waals surface area contributed by atoms with Gasteiger partial charge in [0, 0.05) is 6.07 Å². The first-order valence-electron chi connectivity index (χ1n) is 6.23. The highest BCUT2D eigenvalue weighted by atomic mass is 32.2. The van der Waals surface area contributed by atoms with E-state index in [2.05, 4.69) is 4.72 Å². The van der Waals surface area contributed by atoms with Crippen molar-refractivity contribution in [2.24, 2.45) is 0 Å². The zero-order chi connectivity index (χ0) is 15.5. The van der Waals surface area contributed by atoms with Gasteiger partial charge in [-0.15, -0.1) is 0 Å². The van der Waals surface area contributed by atoms with Crippen molar-refractivity contribution in [1.82, 2.24) is 0 Å². The zero-order valence-electron chi connectivity index (χ0n) is 11.3. The van der Waals surface area contributed by atoms with Gasteiger partial charge in [-0.2, -0.15) is 0 Å². The molecule has 0 saturated carbocycles. The van der Waals surface area contributed by atoms with Crippen molar-refractivity contribution in [3.63, 3.8) is 0 Å². The van der Waals surface area contributed by atoms with Gasteiger partial charge in [0.15, 0.2) is 0 Å². The van der Waals surface area contributed by atoms with E-state index in [-0.39, 0.29) is 10.6 Å². The van der Waals surface area contributed by atoms with Crippen molar-refractivity contribution < 1.29 is 17.5 Å². The summed E-state index contributed by atoms with van der Waals surface area (Å²) < 4.78 is 45.2.